The molecule has 0 radical (unpaired) electrons. The Kier molecular flexibility index (Phi) is 39.7. The number of phosphoric acid groups is 1. The summed E-state index contributed by atoms with van der Waals surface area (Å²) in [4.78, 5) is 25.1. The first-order valence-corrected chi connectivity index (χ1v) is 24.5. The van der Waals surface area contributed by atoms with Crippen LogP contribution in [0.4, 0.5) is 0 Å². The molecule has 57 heavy (non-hydrogen) atoms. The van der Waals surface area contributed by atoms with Crippen LogP contribution in [0.5, 0.6) is 0 Å². The van der Waals surface area contributed by atoms with Crippen LogP contribution >= 0.6 is 7.82 Å². The Labute approximate surface area is 351 Å². The predicted molar refractivity (Wildman–Crippen MR) is 240 cm³/mol. The van der Waals surface area contributed by atoms with Crippen LogP contribution in [0.25, 0.3) is 0 Å². The molecule has 0 heterocycles. The molecule has 8 nitrogen and oxygen atoms in total. The number of hydrogen-bond donors (Lipinski definition) is 0. The Morgan fingerprint density at radius 2 is 1.02 bits per heavy atom. The molecule has 0 aliphatic carbocycles. The maximum atomic E-state index is 12.7. The van der Waals surface area contributed by atoms with E-state index in [1.165, 1.54) is 89.9 Å². The molecular weight excluding hydrogens is 734 g/mol. The normalized spacial score (nSPS) is 14.3. The monoisotopic (exact) mass is 822 g/mol. The molecule has 0 aliphatic heterocycles. The zero-order valence-electron chi connectivity index (χ0n) is 37.5. The van der Waals surface area contributed by atoms with E-state index >= 15 is 0 Å². The first kappa shape index (κ1) is 55.2. The molecule has 0 spiro atoms. The third-order valence-electron chi connectivity index (χ3n) is 9.55. The van der Waals surface area contributed by atoms with Gasteiger partial charge in [0.2, 0.25) is 0 Å². The summed E-state index contributed by atoms with van der Waals surface area (Å²) in [6, 6.07) is 0. The number of quaternary nitrogens is 1. The van der Waals surface area contributed by atoms with Gasteiger partial charge in [-0.25, -0.2) is 0 Å². The second-order valence-corrected chi connectivity index (χ2v) is 17.8. The first-order chi connectivity index (χ1) is 27.6. The van der Waals surface area contributed by atoms with Crippen LogP contribution in [0.2, 0.25) is 0 Å². The number of rotatable bonds is 42. The minimum Gasteiger partial charge on any atom is -0.756 e. The predicted octanol–water partition coefficient (Wildman–Crippen LogP) is 13.1. The summed E-state index contributed by atoms with van der Waals surface area (Å²) in [7, 11) is 1.33. The number of unbranched alkanes of at least 4 members (excludes halogenated alkanes) is 18. The van der Waals surface area contributed by atoms with E-state index in [0.29, 0.717) is 24.1 Å². The number of esters is 1. The van der Waals surface area contributed by atoms with Crippen molar-refractivity contribution in [1.29, 1.82) is 0 Å². The molecule has 0 aromatic carbocycles. The van der Waals surface area contributed by atoms with Gasteiger partial charge in [-0.1, -0.05) is 158 Å². The van der Waals surface area contributed by atoms with Gasteiger partial charge < -0.3 is 27.9 Å². The Morgan fingerprint density at radius 3 is 1.54 bits per heavy atom. The van der Waals surface area contributed by atoms with Crippen molar-refractivity contribution in [2.45, 2.75) is 187 Å². The van der Waals surface area contributed by atoms with E-state index in [1.54, 1.807) is 0 Å². The molecule has 0 aromatic rings. The molecule has 2 atom stereocenters. The number of carbonyl (C=O) groups excluding carboxylic acids is 1. The number of phosphoric ester groups is 1. The van der Waals surface area contributed by atoms with Gasteiger partial charge in [0.05, 0.1) is 34.4 Å². The molecule has 0 aromatic heterocycles. The number of ether oxygens (including phenoxy) is 2. The molecule has 0 fully saturated rings. The molecule has 2 unspecified atom stereocenters. The van der Waals surface area contributed by atoms with E-state index in [-0.39, 0.29) is 25.8 Å². The van der Waals surface area contributed by atoms with Gasteiger partial charge in [0.15, 0.2) is 0 Å². The van der Waals surface area contributed by atoms with Crippen LogP contribution in [0, 0.1) is 0 Å². The largest absolute Gasteiger partial charge is 0.756 e. The van der Waals surface area contributed by atoms with Crippen molar-refractivity contribution in [2.75, 3.05) is 54.1 Å². The van der Waals surface area contributed by atoms with Crippen molar-refractivity contribution in [3.05, 3.63) is 60.8 Å². The number of nitrogens with zero attached hydrogens (tertiary/aromatic N) is 1. The Balaban J connectivity index is 4.26. The summed E-state index contributed by atoms with van der Waals surface area (Å²) in [5.74, 6) is -0.349. The quantitative estimate of drug-likeness (QED) is 0.0199. The summed E-state index contributed by atoms with van der Waals surface area (Å²) in [5, 5.41) is 0. The molecule has 0 N–H and O–H groups in total. The summed E-state index contributed by atoms with van der Waals surface area (Å²) >= 11 is 0. The fourth-order valence-corrected chi connectivity index (χ4v) is 6.73. The van der Waals surface area contributed by atoms with E-state index in [4.69, 9.17) is 18.5 Å². The van der Waals surface area contributed by atoms with Crippen molar-refractivity contribution in [1.82, 2.24) is 0 Å². The van der Waals surface area contributed by atoms with E-state index in [1.807, 2.05) is 21.1 Å². The minimum absolute atomic E-state index is 0.0170. The summed E-state index contributed by atoms with van der Waals surface area (Å²) in [6.45, 7) is 5.21. The lowest BCUT2D eigenvalue weighted by molar-refractivity contribution is -0.870. The molecule has 0 amide bonds. The number of carbonyl (C=O) groups is 1. The van der Waals surface area contributed by atoms with Gasteiger partial charge in [0, 0.05) is 13.0 Å². The third kappa shape index (κ3) is 45.1. The van der Waals surface area contributed by atoms with Crippen molar-refractivity contribution in [3.63, 3.8) is 0 Å². The van der Waals surface area contributed by atoms with E-state index in [2.05, 4.69) is 74.6 Å². The van der Waals surface area contributed by atoms with Crippen LogP contribution in [-0.4, -0.2) is 70.7 Å². The van der Waals surface area contributed by atoms with Crippen LogP contribution < -0.4 is 4.89 Å². The number of hydrogen-bond acceptors (Lipinski definition) is 7. The first-order valence-electron chi connectivity index (χ1n) is 23.0. The topological polar surface area (TPSA) is 94.1 Å². The molecule has 0 saturated heterocycles. The molecule has 332 valence electrons. The highest BCUT2D eigenvalue weighted by molar-refractivity contribution is 7.45. The SMILES string of the molecule is CC/C=C\C/C=C\C/C=C\C/C=C\CCCCCOCC(COP(=O)([O-])OCC[N+](C)(C)C)OC(=O)CCCCCCCCCCC/C=C\CCCCCCCC. The van der Waals surface area contributed by atoms with Gasteiger partial charge in [-0.05, 0) is 77.0 Å². The maximum Gasteiger partial charge on any atom is 0.306 e. The molecule has 9 heteroatoms. The van der Waals surface area contributed by atoms with Gasteiger partial charge >= 0.3 is 5.97 Å². The third-order valence-corrected chi connectivity index (χ3v) is 10.5. The Hall–Kier alpha value is -1.80. The van der Waals surface area contributed by atoms with Gasteiger partial charge in [-0.2, -0.15) is 0 Å². The Morgan fingerprint density at radius 1 is 0.561 bits per heavy atom. The highest BCUT2D eigenvalue weighted by Gasteiger charge is 2.20. The molecule has 0 aliphatic rings. The van der Waals surface area contributed by atoms with Crippen LogP contribution in [0.3, 0.4) is 0 Å². The molecule has 0 bridgehead atoms. The minimum atomic E-state index is -4.54. The highest BCUT2D eigenvalue weighted by atomic mass is 31.2. The molecule has 0 saturated carbocycles. The zero-order valence-corrected chi connectivity index (χ0v) is 38.4. The number of allylic oxidation sites excluding steroid dienone is 10. The van der Waals surface area contributed by atoms with Crippen LogP contribution in [-0.2, 0) is 27.9 Å². The lowest BCUT2D eigenvalue weighted by atomic mass is 10.1. The second kappa shape index (κ2) is 41.0. The van der Waals surface area contributed by atoms with Gasteiger partial charge in [-0.15, -0.1) is 0 Å². The van der Waals surface area contributed by atoms with Crippen molar-refractivity contribution in [2.24, 2.45) is 0 Å². The van der Waals surface area contributed by atoms with Gasteiger partial charge in [0.1, 0.15) is 19.3 Å². The summed E-state index contributed by atoms with van der Waals surface area (Å²) in [6.07, 6.45) is 50.9. The lowest BCUT2D eigenvalue weighted by Crippen LogP contribution is -2.37. The van der Waals surface area contributed by atoms with Crippen molar-refractivity contribution in [3.8, 4) is 0 Å². The molecular formula is C48H88NO7P. The summed E-state index contributed by atoms with van der Waals surface area (Å²) < 4.78 is 34.6. The van der Waals surface area contributed by atoms with Crippen LogP contribution in [0.1, 0.15) is 181 Å². The number of likely N-dealkylation sites (N-methyl/N-ethyl adjacent to an activating group) is 1. The lowest BCUT2D eigenvalue weighted by Gasteiger charge is -2.28. The fourth-order valence-electron chi connectivity index (χ4n) is 6.00. The maximum absolute atomic E-state index is 12.7. The van der Waals surface area contributed by atoms with Crippen molar-refractivity contribution < 1.29 is 37.3 Å². The zero-order chi connectivity index (χ0) is 42.0. The standard InChI is InChI=1S/C48H88NO7P/c1-6-8-10-12-14-16-18-20-22-24-25-26-27-29-31-33-35-37-39-41-48(50)56-47(46-55-57(51,52)54-44-42-49(3,4)5)45-53-43-40-38-36-34-32-30-28-23-21-19-17-15-13-11-9-7-2/h9,11,15,17,20-23,30,32,47H,6-8,10,12-14,16,18-19,24-29,31,33-46H2,1-5H3/b11-9-,17-15-,22-20-,23-21-,32-30-. The highest BCUT2D eigenvalue weighted by Crippen LogP contribution is 2.38. The molecule has 0 rings (SSSR count). The van der Waals surface area contributed by atoms with Crippen molar-refractivity contribution >= 4 is 13.8 Å². The van der Waals surface area contributed by atoms with Gasteiger partial charge in [-0.3, -0.25) is 9.36 Å². The summed E-state index contributed by atoms with van der Waals surface area (Å²) in [5.41, 5.74) is 0. The van der Waals surface area contributed by atoms with Gasteiger partial charge in [0.25, 0.3) is 7.82 Å². The average molecular weight is 822 g/mol. The van der Waals surface area contributed by atoms with E-state index in [9.17, 15) is 14.3 Å². The Bertz CT molecular complexity index is 1090. The van der Waals surface area contributed by atoms with Crippen LogP contribution in [0.15, 0.2) is 60.8 Å². The average Bonchev–Trinajstić information content (AvgIpc) is 3.16. The smallest absolute Gasteiger partial charge is 0.306 e. The van der Waals surface area contributed by atoms with E-state index < -0.39 is 13.9 Å². The fraction of sp³-hybridized carbons (Fsp3) is 0.771. The van der Waals surface area contributed by atoms with E-state index in [0.717, 1.165) is 70.6 Å². The second-order valence-electron chi connectivity index (χ2n) is 16.4.